The van der Waals surface area contributed by atoms with E-state index in [1.807, 2.05) is 0 Å². The first-order valence-electron chi connectivity index (χ1n) is 8.91. The van der Waals surface area contributed by atoms with Crippen LogP contribution in [-0.4, -0.2) is 60.4 Å². The SMILES string of the molecule is CCN1CCC[C@H]1[C@H]1CCCN1C(=O)C1(C(=O)NC)CCC1. The fourth-order valence-electron chi connectivity index (χ4n) is 4.71. The Morgan fingerprint density at radius 1 is 1.09 bits per heavy atom. The number of rotatable bonds is 4. The minimum absolute atomic E-state index is 0.0758. The lowest BCUT2D eigenvalue weighted by molar-refractivity contribution is -0.158. The fourth-order valence-corrected chi connectivity index (χ4v) is 4.71. The smallest absolute Gasteiger partial charge is 0.238 e. The molecule has 0 aromatic heterocycles. The lowest BCUT2D eigenvalue weighted by Gasteiger charge is -2.44. The summed E-state index contributed by atoms with van der Waals surface area (Å²) >= 11 is 0. The molecule has 124 valence electrons. The zero-order chi connectivity index (χ0) is 15.7. The third-order valence-electron chi connectivity index (χ3n) is 6.10. The van der Waals surface area contributed by atoms with Crippen LogP contribution in [0.1, 0.15) is 51.9 Å². The first-order valence-corrected chi connectivity index (χ1v) is 8.91. The number of amides is 2. The highest BCUT2D eigenvalue weighted by Gasteiger charge is 2.54. The maximum atomic E-state index is 13.2. The van der Waals surface area contributed by atoms with Gasteiger partial charge in [-0.15, -0.1) is 0 Å². The molecule has 2 saturated heterocycles. The fraction of sp³-hybridized carbons (Fsp3) is 0.882. The maximum Gasteiger partial charge on any atom is 0.238 e. The molecule has 0 unspecified atom stereocenters. The van der Waals surface area contributed by atoms with Crippen molar-refractivity contribution in [2.24, 2.45) is 5.41 Å². The molecule has 3 fully saturated rings. The largest absolute Gasteiger partial charge is 0.358 e. The molecule has 5 heteroatoms. The van der Waals surface area contributed by atoms with Crippen molar-refractivity contribution in [2.45, 2.75) is 64.0 Å². The molecule has 0 aromatic rings. The molecule has 22 heavy (non-hydrogen) atoms. The van der Waals surface area contributed by atoms with Crippen molar-refractivity contribution in [3.05, 3.63) is 0 Å². The Labute approximate surface area is 133 Å². The summed E-state index contributed by atoms with van der Waals surface area (Å²) in [5.41, 5.74) is -0.757. The highest BCUT2D eigenvalue weighted by molar-refractivity contribution is 6.06. The van der Waals surface area contributed by atoms with Gasteiger partial charge in [0.15, 0.2) is 0 Å². The molecule has 5 nitrogen and oxygen atoms in total. The zero-order valence-corrected chi connectivity index (χ0v) is 13.9. The van der Waals surface area contributed by atoms with E-state index in [0.717, 1.165) is 51.7 Å². The van der Waals surface area contributed by atoms with E-state index in [1.54, 1.807) is 7.05 Å². The van der Waals surface area contributed by atoms with Crippen molar-refractivity contribution in [2.75, 3.05) is 26.7 Å². The van der Waals surface area contributed by atoms with E-state index in [-0.39, 0.29) is 11.8 Å². The van der Waals surface area contributed by atoms with Gasteiger partial charge in [-0.1, -0.05) is 13.3 Å². The van der Waals surface area contributed by atoms with Gasteiger partial charge >= 0.3 is 0 Å². The van der Waals surface area contributed by atoms with Gasteiger partial charge in [-0.25, -0.2) is 0 Å². The number of carbonyl (C=O) groups is 2. The summed E-state index contributed by atoms with van der Waals surface area (Å²) < 4.78 is 0. The van der Waals surface area contributed by atoms with Gasteiger partial charge in [0.1, 0.15) is 5.41 Å². The summed E-state index contributed by atoms with van der Waals surface area (Å²) in [6, 6.07) is 0.815. The molecular weight excluding hydrogens is 278 g/mol. The molecule has 0 bridgehead atoms. The summed E-state index contributed by atoms with van der Waals surface area (Å²) in [6.45, 7) is 5.25. The van der Waals surface area contributed by atoms with Crippen LogP contribution in [0.15, 0.2) is 0 Å². The van der Waals surface area contributed by atoms with Crippen molar-refractivity contribution < 1.29 is 9.59 Å². The van der Waals surface area contributed by atoms with Gasteiger partial charge in [0.25, 0.3) is 0 Å². The topological polar surface area (TPSA) is 52.7 Å². The number of nitrogens with one attached hydrogen (secondary N) is 1. The van der Waals surface area contributed by atoms with Crippen LogP contribution < -0.4 is 5.32 Å². The van der Waals surface area contributed by atoms with Crippen molar-refractivity contribution in [1.82, 2.24) is 15.1 Å². The number of nitrogens with zero attached hydrogens (tertiary/aromatic N) is 2. The van der Waals surface area contributed by atoms with Crippen LogP contribution in [0.5, 0.6) is 0 Å². The molecule has 0 radical (unpaired) electrons. The first-order chi connectivity index (χ1) is 10.6. The molecule has 3 rings (SSSR count). The minimum atomic E-state index is -0.757. The standard InChI is InChI=1S/C17H29N3O2/c1-3-19-11-4-7-13(19)14-8-5-12-20(14)16(22)17(9-6-10-17)15(21)18-2/h13-14H,3-12H2,1-2H3,(H,18,21)/t13-,14+/m0/s1. The number of hydrogen-bond acceptors (Lipinski definition) is 3. The number of likely N-dealkylation sites (N-methyl/N-ethyl adjacent to an activating group) is 1. The van der Waals surface area contributed by atoms with Crippen LogP contribution >= 0.6 is 0 Å². The van der Waals surface area contributed by atoms with Gasteiger partial charge in [-0.2, -0.15) is 0 Å². The summed E-state index contributed by atoms with van der Waals surface area (Å²) in [7, 11) is 1.65. The monoisotopic (exact) mass is 307 g/mol. The lowest BCUT2D eigenvalue weighted by Crippen LogP contribution is -2.59. The predicted molar refractivity (Wildman–Crippen MR) is 85.4 cm³/mol. The molecule has 1 saturated carbocycles. The van der Waals surface area contributed by atoms with E-state index in [9.17, 15) is 9.59 Å². The van der Waals surface area contributed by atoms with Gasteiger partial charge in [0, 0.05) is 25.7 Å². The van der Waals surface area contributed by atoms with E-state index in [2.05, 4.69) is 22.0 Å². The lowest BCUT2D eigenvalue weighted by atomic mass is 9.67. The molecule has 2 atom stereocenters. The predicted octanol–water partition coefficient (Wildman–Crippen LogP) is 1.38. The Bertz CT molecular complexity index is 447. The van der Waals surface area contributed by atoms with Gasteiger partial charge in [0.05, 0.1) is 0 Å². The van der Waals surface area contributed by atoms with Crippen LogP contribution in [-0.2, 0) is 9.59 Å². The molecule has 2 aliphatic heterocycles. The molecule has 1 aliphatic carbocycles. The van der Waals surface area contributed by atoms with Gasteiger partial charge in [-0.3, -0.25) is 14.5 Å². The molecule has 0 aromatic carbocycles. The summed E-state index contributed by atoms with van der Waals surface area (Å²) in [5.74, 6) is 0.0247. The second-order valence-corrected chi connectivity index (χ2v) is 7.06. The van der Waals surface area contributed by atoms with Crippen molar-refractivity contribution in [3.8, 4) is 0 Å². The Morgan fingerprint density at radius 3 is 2.36 bits per heavy atom. The van der Waals surface area contributed by atoms with Gasteiger partial charge in [-0.05, 0) is 51.6 Å². The summed E-state index contributed by atoms with van der Waals surface area (Å²) in [5, 5.41) is 2.72. The zero-order valence-electron chi connectivity index (χ0n) is 13.9. The molecule has 2 amide bonds. The Hall–Kier alpha value is -1.10. The molecule has 2 heterocycles. The Balaban J connectivity index is 1.78. The van der Waals surface area contributed by atoms with Crippen molar-refractivity contribution in [3.63, 3.8) is 0 Å². The van der Waals surface area contributed by atoms with Crippen LogP contribution in [0.25, 0.3) is 0 Å². The third-order valence-corrected chi connectivity index (χ3v) is 6.10. The van der Waals surface area contributed by atoms with Crippen LogP contribution in [0.2, 0.25) is 0 Å². The van der Waals surface area contributed by atoms with Gasteiger partial charge in [0.2, 0.25) is 11.8 Å². The maximum absolute atomic E-state index is 13.2. The van der Waals surface area contributed by atoms with E-state index in [1.165, 1.54) is 12.8 Å². The quantitative estimate of drug-likeness (QED) is 0.798. The van der Waals surface area contributed by atoms with Crippen molar-refractivity contribution in [1.29, 1.82) is 0 Å². The van der Waals surface area contributed by atoms with Crippen LogP contribution in [0, 0.1) is 5.41 Å². The number of likely N-dealkylation sites (tertiary alicyclic amines) is 2. The van der Waals surface area contributed by atoms with E-state index < -0.39 is 5.41 Å². The first kappa shape index (κ1) is 15.8. The van der Waals surface area contributed by atoms with E-state index in [0.29, 0.717) is 12.1 Å². The normalized spacial score (nSPS) is 31.1. The van der Waals surface area contributed by atoms with Crippen LogP contribution in [0.3, 0.4) is 0 Å². The summed E-state index contributed by atoms with van der Waals surface area (Å²) in [6.07, 6.45) is 7.02. The molecular formula is C17H29N3O2. The van der Waals surface area contributed by atoms with E-state index in [4.69, 9.17) is 0 Å². The molecule has 1 N–H and O–H groups in total. The Morgan fingerprint density at radius 2 is 1.77 bits per heavy atom. The van der Waals surface area contributed by atoms with Crippen molar-refractivity contribution >= 4 is 11.8 Å². The Kier molecular flexibility index (Phi) is 4.44. The second kappa shape index (κ2) is 6.19. The van der Waals surface area contributed by atoms with E-state index >= 15 is 0 Å². The summed E-state index contributed by atoms with van der Waals surface area (Å²) in [4.78, 5) is 30.0. The third kappa shape index (κ3) is 2.34. The number of hydrogen-bond donors (Lipinski definition) is 1. The van der Waals surface area contributed by atoms with Crippen LogP contribution in [0.4, 0.5) is 0 Å². The number of carbonyl (C=O) groups excluding carboxylic acids is 2. The second-order valence-electron chi connectivity index (χ2n) is 7.06. The average Bonchev–Trinajstić information content (AvgIpc) is 3.13. The highest BCUT2D eigenvalue weighted by atomic mass is 16.2. The average molecular weight is 307 g/mol. The highest BCUT2D eigenvalue weighted by Crippen LogP contribution is 2.44. The molecule has 3 aliphatic rings. The molecule has 0 spiro atoms. The van der Waals surface area contributed by atoms with Gasteiger partial charge < -0.3 is 10.2 Å². The minimum Gasteiger partial charge on any atom is -0.358 e.